The zero-order chi connectivity index (χ0) is 39.0. The molecule has 18 heteroatoms. The first-order valence-corrected chi connectivity index (χ1v) is 20.9. The molecule has 0 radical (unpaired) electrons. The molecule has 0 aliphatic heterocycles. The molecule has 2 amide bonds. The molecule has 0 aliphatic rings. The Kier molecular flexibility index (Phi) is 16.8. The number of sulfonamides is 2. The van der Waals surface area contributed by atoms with Crippen LogP contribution in [-0.4, -0.2) is 58.7 Å². The number of carbonyl (C=O) groups excluding carboxylic acids is 3. The molecule has 286 valence electrons. The van der Waals surface area contributed by atoms with Gasteiger partial charge in [0.1, 0.15) is 0 Å². The maximum atomic E-state index is 13.2. The van der Waals surface area contributed by atoms with Crippen molar-refractivity contribution in [3.05, 3.63) is 87.3 Å². The second-order valence-electron chi connectivity index (χ2n) is 11.9. The van der Waals surface area contributed by atoms with Crippen molar-refractivity contribution in [3.8, 4) is 5.88 Å². The molecule has 0 saturated carbocycles. The van der Waals surface area contributed by atoms with Crippen LogP contribution in [0.25, 0.3) is 4.85 Å². The average Bonchev–Trinajstić information content (AvgIpc) is 3.10. The van der Waals surface area contributed by atoms with Gasteiger partial charge < -0.3 is 14.8 Å². The van der Waals surface area contributed by atoms with Crippen molar-refractivity contribution in [2.24, 2.45) is 0 Å². The van der Waals surface area contributed by atoms with Gasteiger partial charge in [-0.15, -0.1) is 0 Å². The van der Waals surface area contributed by atoms with Crippen LogP contribution in [0, 0.1) is 6.57 Å². The molecule has 0 spiro atoms. The van der Waals surface area contributed by atoms with E-state index in [1.807, 2.05) is 0 Å². The van der Waals surface area contributed by atoms with Crippen molar-refractivity contribution in [2.75, 3.05) is 22.9 Å². The largest absolute Gasteiger partial charge is 0.462 e. The number of esters is 1. The van der Waals surface area contributed by atoms with E-state index in [9.17, 15) is 31.2 Å². The van der Waals surface area contributed by atoms with E-state index in [1.54, 1.807) is 4.72 Å². The lowest BCUT2D eigenvalue weighted by Crippen LogP contribution is -2.31. The minimum atomic E-state index is -4.24. The quantitative estimate of drug-likeness (QED) is 0.0563. The molecule has 0 saturated heterocycles. The SMILES string of the molecule is [C-]#[N+]C(Oc1ccc(C(=O)NS(C)(=O)=O)cn1)C(=O)Nc1ccc(S(=O)(=O)Nc2cc(C(=O)OCCCCCCCCCCCC)c(Cl)cc2Cl)cc1. The lowest BCUT2D eigenvalue weighted by atomic mass is 10.1. The number of halogens is 2. The number of unbranched alkanes of at least 4 members (excludes halogenated alkanes) is 9. The molecule has 0 aliphatic carbocycles. The second-order valence-corrected chi connectivity index (χ2v) is 16.2. The Balaban J connectivity index is 1.54. The van der Waals surface area contributed by atoms with E-state index in [4.69, 9.17) is 39.2 Å². The van der Waals surface area contributed by atoms with Gasteiger partial charge in [0, 0.05) is 18.0 Å². The summed E-state index contributed by atoms with van der Waals surface area (Å²) in [7, 11) is -8.04. The van der Waals surface area contributed by atoms with Gasteiger partial charge in [0.25, 0.3) is 15.9 Å². The van der Waals surface area contributed by atoms with Gasteiger partial charge in [-0.05, 0) is 48.9 Å². The molecule has 2 aromatic carbocycles. The highest BCUT2D eigenvalue weighted by atomic mass is 35.5. The van der Waals surface area contributed by atoms with Gasteiger partial charge in [0.05, 0.1) is 44.6 Å². The van der Waals surface area contributed by atoms with Gasteiger partial charge in [0.15, 0.2) is 0 Å². The number of benzene rings is 2. The zero-order valence-electron chi connectivity index (χ0n) is 29.2. The molecule has 3 rings (SSSR count). The maximum absolute atomic E-state index is 13.2. The monoisotopic (exact) mass is 809 g/mol. The van der Waals surface area contributed by atoms with Crippen LogP contribution in [-0.2, 0) is 29.6 Å². The van der Waals surface area contributed by atoms with E-state index in [0.717, 1.165) is 31.7 Å². The Morgan fingerprint density at radius 1 is 0.868 bits per heavy atom. The normalized spacial score (nSPS) is 11.9. The molecule has 3 N–H and O–H groups in total. The van der Waals surface area contributed by atoms with E-state index >= 15 is 0 Å². The fourth-order valence-electron chi connectivity index (χ4n) is 4.81. The minimum absolute atomic E-state index is 0.00221. The van der Waals surface area contributed by atoms with E-state index < -0.39 is 44.1 Å². The summed E-state index contributed by atoms with van der Waals surface area (Å²) >= 11 is 12.5. The lowest BCUT2D eigenvalue weighted by molar-refractivity contribution is -0.121. The fourth-order valence-corrected chi connectivity index (χ4v) is 6.89. The molecule has 53 heavy (non-hydrogen) atoms. The summed E-state index contributed by atoms with van der Waals surface area (Å²) in [6.45, 7) is 9.74. The van der Waals surface area contributed by atoms with Crippen LogP contribution in [0.4, 0.5) is 11.4 Å². The first-order valence-electron chi connectivity index (χ1n) is 16.7. The zero-order valence-corrected chi connectivity index (χ0v) is 32.3. The summed E-state index contributed by atoms with van der Waals surface area (Å²) in [6, 6.07) is 9.76. The minimum Gasteiger partial charge on any atom is -0.462 e. The van der Waals surface area contributed by atoms with Crippen molar-refractivity contribution in [2.45, 2.75) is 82.3 Å². The molecular formula is C35H41Cl2N5O9S2. The van der Waals surface area contributed by atoms with E-state index in [0.29, 0.717) is 6.42 Å². The van der Waals surface area contributed by atoms with Gasteiger partial charge >= 0.3 is 18.1 Å². The maximum Gasteiger partial charge on any atom is 0.447 e. The Bertz CT molecular complexity index is 1990. The molecule has 0 fully saturated rings. The molecular weight excluding hydrogens is 769 g/mol. The molecule has 0 bridgehead atoms. The Labute approximate surface area is 319 Å². The van der Waals surface area contributed by atoms with Crippen molar-refractivity contribution in [1.82, 2.24) is 9.71 Å². The van der Waals surface area contributed by atoms with Crippen molar-refractivity contribution < 1.29 is 40.7 Å². The third-order valence-corrected chi connectivity index (χ3v) is 10.1. The fraction of sp³-hybridized carbons (Fsp3) is 0.400. The summed E-state index contributed by atoms with van der Waals surface area (Å²) in [6.07, 6.45) is 11.4. The van der Waals surface area contributed by atoms with Gasteiger partial charge in [-0.2, -0.15) is 0 Å². The van der Waals surface area contributed by atoms with Crippen LogP contribution in [0.15, 0.2) is 59.6 Å². The number of hydrogen-bond donors (Lipinski definition) is 3. The Morgan fingerprint density at radius 2 is 1.49 bits per heavy atom. The Hall–Kier alpha value is -4.43. The smallest absolute Gasteiger partial charge is 0.447 e. The molecule has 1 aromatic heterocycles. The summed E-state index contributed by atoms with van der Waals surface area (Å²) in [5.74, 6) is -2.75. The molecule has 1 atom stereocenters. The third-order valence-electron chi connectivity index (χ3n) is 7.53. The highest BCUT2D eigenvalue weighted by Gasteiger charge is 2.27. The number of amides is 2. The van der Waals surface area contributed by atoms with Crippen LogP contribution in [0.3, 0.4) is 0 Å². The first-order chi connectivity index (χ1) is 25.1. The summed E-state index contributed by atoms with van der Waals surface area (Å²) in [5, 5.41) is 2.38. The van der Waals surface area contributed by atoms with Crippen molar-refractivity contribution in [3.63, 3.8) is 0 Å². The number of nitrogens with one attached hydrogen (secondary N) is 3. The van der Waals surface area contributed by atoms with Crippen LogP contribution < -0.4 is 19.5 Å². The number of anilines is 2. The molecule has 1 unspecified atom stereocenters. The summed E-state index contributed by atoms with van der Waals surface area (Å²) < 4.78 is 63.7. The van der Waals surface area contributed by atoms with Crippen LogP contribution in [0.1, 0.15) is 91.8 Å². The van der Waals surface area contributed by atoms with Crippen molar-refractivity contribution in [1.29, 1.82) is 0 Å². The third kappa shape index (κ3) is 14.5. The highest BCUT2D eigenvalue weighted by molar-refractivity contribution is 7.92. The number of ether oxygens (including phenoxy) is 2. The van der Waals surface area contributed by atoms with Crippen LogP contribution in [0.2, 0.25) is 10.0 Å². The molecule has 3 aromatic rings. The van der Waals surface area contributed by atoms with Gasteiger partial charge in [-0.3, -0.25) is 19.2 Å². The lowest BCUT2D eigenvalue weighted by Gasteiger charge is -2.13. The topological polar surface area (TPSA) is 191 Å². The number of carbonyl (C=O) groups is 3. The predicted octanol–water partition coefficient (Wildman–Crippen LogP) is 7.22. The number of nitrogens with zero attached hydrogens (tertiary/aromatic N) is 2. The Morgan fingerprint density at radius 3 is 2.06 bits per heavy atom. The molecule has 1 heterocycles. The number of aromatic nitrogens is 1. The number of rotatable bonds is 21. The standard InChI is InChI=1S/C35H41Cl2N5O9S2/c1-4-5-6-7-8-9-10-11-12-13-20-50-35(45)27-21-30(29(37)22-28(27)36)41-53(48,49)26-17-15-25(16-18-26)40-33(44)34(38-2)51-31-19-14-24(23-39-31)32(43)42-52(3,46)47/h14-19,21-23,34,41H,4-13,20H2,1,3H3,(H,40,44)(H,42,43). The van der Waals surface area contributed by atoms with E-state index in [2.05, 4.69) is 26.8 Å². The van der Waals surface area contributed by atoms with Gasteiger partial charge in [-0.1, -0.05) is 87.9 Å². The summed E-state index contributed by atoms with van der Waals surface area (Å²) in [5.41, 5.74) is -0.135. The molecule has 14 nitrogen and oxygen atoms in total. The summed E-state index contributed by atoms with van der Waals surface area (Å²) in [4.78, 5) is 44.2. The average molecular weight is 811 g/mol. The highest BCUT2D eigenvalue weighted by Crippen LogP contribution is 2.32. The van der Waals surface area contributed by atoms with E-state index in [-0.39, 0.29) is 49.9 Å². The van der Waals surface area contributed by atoms with Crippen molar-refractivity contribution >= 4 is 72.4 Å². The predicted molar refractivity (Wildman–Crippen MR) is 202 cm³/mol. The van der Waals surface area contributed by atoms with Gasteiger partial charge in [0.2, 0.25) is 15.9 Å². The second kappa shape index (κ2) is 20.7. The number of hydrogen-bond acceptors (Lipinski definition) is 10. The van der Waals surface area contributed by atoms with Gasteiger partial charge in [-0.25, -0.2) is 37.9 Å². The first kappa shape index (κ1) is 43.0. The van der Waals surface area contributed by atoms with Crippen LogP contribution in [0.5, 0.6) is 5.88 Å². The van der Waals surface area contributed by atoms with E-state index in [1.165, 1.54) is 87.1 Å². The van der Waals surface area contributed by atoms with Crippen LogP contribution >= 0.6 is 23.2 Å². The number of pyridine rings is 1.